The molecule has 0 fully saturated rings. The highest BCUT2D eigenvalue weighted by atomic mass is 32.2. The zero-order valence-corrected chi connectivity index (χ0v) is 13.4. The molecule has 21 heavy (non-hydrogen) atoms. The average Bonchev–Trinajstić information content (AvgIpc) is 2.39. The van der Waals surface area contributed by atoms with E-state index in [2.05, 4.69) is 4.72 Å². The predicted octanol–water partition coefficient (Wildman–Crippen LogP) is -0.823. The van der Waals surface area contributed by atoms with E-state index in [1.807, 2.05) is 13.8 Å². The van der Waals surface area contributed by atoms with Gasteiger partial charge in [-0.2, -0.15) is 0 Å². The summed E-state index contributed by atoms with van der Waals surface area (Å²) >= 11 is 0. The summed E-state index contributed by atoms with van der Waals surface area (Å²) in [6.45, 7) is 4.35. The Morgan fingerprint density at radius 3 is 2.48 bits per heavy atom. The molecule has 0 aliphatic carbocycles. The molecule has 0 aromatic carbocycles. The summed E-state index contributed by atoms with van der Waals surface area (Å²) in [6.07, 6.45) is 1.60. The lowest BCUT2D eigenvalue weighted by Crippen LogP contribution is -2.41. The van der Waals surface area contributed by atoms with Crippen LogP contribution in [0.1, 0.15) is 20.3 Å². The zero-order valence-electron chi connectivity index (χ0n) is 12.6. The standard InChI is InChI=1S/C12H21N3O5S/c1-9(2)20-7-5-6-13-21(18,19)10-8-14(3)12(17)15(4)11(10)16/h8-9,13H,5-7H2,1-4H3. The van der Waals surface area contributed by atoms with E-state index in [1.54, 1.807) is 0 Å². The van der Waals surface area contributed by atoms with Crippen LogP contribution in [0.2, 0.25) is 0 Å². The van der Waals surface area contributed by atoms with E-state index in [0.717, 1.165) is 15.3 Å². The van der Waals surface area contributed by atoms with Crippen molar-refractivity contribution < 1.29 is 13.2 Å². The first-order chi connectivity index (χ1) is 9.66. The van der Waals surface area contributed by atoms with Crippen molar-refractivity contribution in [3.05, 3.63) is 27.0 Å². The number of hydrogen-bond acceptors (Lipinski definition) is 5. The smallest absolute Gasteiger partial charge is 0.330 e. The summed E-state index contributed by atoms with van der Waals surface area (Å²) < 4.78 is 33.6. The third-order valence-electron chi connectivity index (χ3n) is 2.77. The molecule has 8 nitrogen and oxygen atoms in total. The van der Waals surface area contributed by atoms with Crippen molar-refractivity contribution >= 4 is 10.0 Å². The van der Waals surface area contributed by atoms with Crippen molar-refractivity contribution in [3.8, 4) is 0 Å². The minimum atomic E-state index is -3.95. The summed E-state index contributed by atoms with van der Waals surface area (Å²) in [5.41, 5.74) is -1.42. The first kappa shape index (κ1) is 17.6. The molecule has 0 radical (unpaired) electrons. The molecule has 1 aromatic rings. The van der Waals surface area contributed by atoms with Gasteiger partial charge in [0.15, 0.2) is 4.90 Å². The molecular weight excluding hydrogens is 298 g/mol. The zero-order chi connectivity index (χ0) is 16.2. The first-order valence-electron chi connectivity index (χ1n) is 6.54. The Morgan fingerprint density at radius 2 is 1.90 bits per heavy atom. The molecule has 0 atom stereocenters. The number of aryl methyl sites for hydroxylation is 1. The third kappa shape index (κ3) is 4.51. The molecule has 0 amide bonds. The summed E-state index contributed by atoms with van der Waals surface area (Å²) in [5, 5.41) is 0. The predicted molar refractivity (Wildman–Crippen MR) is 77.8 cm³/mol. The number of aromatic nitrogens is 2. The van der Waals surface area contributed by atoms with E-state index < -0.39 is 26.2 Å². The van der Waals surface area contributed by atoms with E-state index in [0.29, 0.717) is 13.0 Å². The fourth-order valence-corrected chi connectivity index (χ4v) is 2.87. The van der Waals surface area contributed by atoms with Gasteiger partial charge >= 0.3 is 5.69 Å². The van der Waals surface area contributed by atoms with Crippen LogP contribution in [0.5, 0.6) is 0 Å². The molecule has 0 bridgehead atoms. The molecule has 1 heterocycles. The Morgan fingerprint density at radius 1 is 1.29 bits per heavy atom. The fourth-order valence-electron chi connectivity index (χ4n) is 1.63. The first-order valence-corrected chi connectivity index (χ1v) is 8.03. The monoisotopic (exact) mass is 319 g/mol. The van der Waals surface area contributed by atoms with E-state index in [1.165, 1.54) is 14.1 Å². The Hall–Kier alpha value is -1.45. The maximum absolute atomic E-state index is 12.1. The van der Waals surface area contributed by atoms with Crippen LogP contribution in [0.3, 0.4) is 0 Å². The van der Waals surface area contributed by atoms with Crippen LogP contribution >= 0.6 is 0 Å². The maximum atomic E-state index is 12.1. The highest BCUT2D eigenvalue weighted by molar-refractivity contribution is 7.89. The molecule has 0 aliphatic heterocycles. The fraction of sp³-hybridized carbons (Fsp3) is 0.667. The largest absolute Gasteiger partial charge is 0.379 e. The van der Waals surface area contributed by atoms with E-state index >= 15 is 0 Å². The summed E-state index contributed by atoms with van der Waals surface area (Å²) in [7, 11) is -1.33. The molecule has 1 aromatic heterocycles. The number of hydrogen-bond donors (Lipinski definition) is 1. The second-order valence-corrected chi connectivity index (χ2v) is 6.66. The quantitative estimate of drug-likeness (QED) is 0.662. The minimum absolute atomic E-state index is 0.0811. The number of rotatable bonds is 7. The van der Waals surface area contributed by atoms with Gasteiger partial charge in [-0.15, -0.1) is 0 Å². The van der Waals surface area contributed by atoms with Crippen molar-refractivity contribution in [1.82, 2.24) is 13.9 Å². The molecule has 0 saturated heterocycles. The van der Waals surface area contributed by atoms with Gasteiger partial charge in [0.1, 0.15) is 0 Å². The van der Waals surface area contributed by atoms with Crippen LogP contribution in [0.25, 0.3) is 0 Å². The van der Waals surface area contributed by atoms with Gasteiger partial charge in [0.2, 0.25) is 10.0 Å². The summed E-state index contributed by atoms with van der Waals surface area (Å²) in [5.74, 6) is 0. The normalized spacial score (nSPS) is 12.0. The van der Waals surface area contributed by atoms with E-state index in [-0.39, 0.29) is 12.6 Å². The van der Waals surface area contributed by atoms with Crippen LogP contribution in [-0.4, -0.2) is 36.8 Å². The van der Waals surface area contributed by atoms with Crippen LogP contribution in [0, 0.1) is 0 Å². The van der Waals surface area contributed by atoms with Crippen LogP contribution in [0.15, 0.2) is 20.7 Å². The third-order valence-corrected chi connectivity index (χ3v) is 4.21. The molecule has 0 spiro atoms. The van der Waals surface area contributed by atoms with Gasteiger partial charge in [-0.3, -0.25) is 9.36 Å². The van der Waals surface area contributed by atoms with Gasteiger partial charge in [0.25, 0.3) is 5.56 Å². The Bertz CT molecular complexity index is 703. The molecule has 0 saturated carbocycles. The Labute approximate surface area is 123 Å². The molecular formula is C12H21N3O5S. The van der Waals surface area contributed by atoms with Gasteiger partial charge in [-0.25, -0.2) is 17.9 Å². The maximum Gasteiger partial charge on any atom is 0.330 e. The van der Waals surface area contributed by atoms with Crippen LogP contribution < -0.4 is 16.0 Å². The Kier molecular flexibility index (Phi) is 5.87. The molecule has 1 rings (SSSR count). The average molecular weight is 319 g/mol. The SMILES string of the molecule is CC(C)OCCCNS(=O)(=O)c1cn(C)c(=O)n(C)c1=O. The highest BCUT2D eigenvalue weighted by Crippen LogP contribution is 2.00. The Balaban J connectivity index is 2.85. The molecule has 0 unspecified atom stereocenters. The van der Waals surface area contributed by atoms with Crippen molar-refractivity contribution in [2.75, 3.05) is 13.2 Å². The van der Waals surface area contributed by atoms with Crippen molar-refractivity contribution in [3.63, 3.8) is 0 Å². The topological polar surface area (TPSA) is 99.4 Å². The van der Waals surface area contributed by atoms with Crippen molar-refractivity contribution in [2.24, 2.45) is 14.1 Å². The molecule has 1 N–H and O–H groups in total. The van der Waals surface area contributed by atoms with Crippen molar-refractivity contribution in [2.45, 2.75) is 31.3 Å². The van der Waals surface area contributed by atoms with Crippen LogP contribution in [0.4, 0.5) is 0 Å². The van der Waals surface area contributed by atoms with Gasteiger partial charge in [-0.05, 0) is 20.3 Å². The van der Waals surface area contributed by atoms with Crippen LogP contribution in [-0.2, 0) is 28.9 Å². The molecule has 120 valence electrons. The molecule has 9 heteroatoms. The van der Waals surface area contributed by atoms with Gasteiger partial charge in [0.05, 0.1) is 6.10 Å². The van der Waals surface area contributed by atoms with Crippen molar-refractivity contribution in [1.29, 1.82) is 0 Å². The minimum Gasteiger partial charge on any atom is -0.379 e. The van der Waals surface area contributed by atoms with Gasteiger partial charge in [0, 0.05) is 33.4 Å². The number of nitrogens with one attached hydrogen (secondary N) is 1. The highest BCUT2D eigenvalue weighted by Gasteiger charge is 2.20. The second kappa shape index (κ2) is 7.01. The number of sulfonamides is 1. The summed E-state index contributed by atoms with van der Waals surface area (Å²) in [4.78, 5) is 23.0. The summed E-state index contributed by atoms with van der Waals surface area (Å²) in [6, 6.07) is 0. The lowest BCUT2D eigenvalue weighted by Gasteiger charge is -2.10. The van der Waals surface area contributed by atoms with E-state index in [4.69, 9.17) is 4.74 Å². The van der Waals surface area contributed by atoms with Gasteiger partial charge < -0.3 is 9.30 Å². The number of nitrogens with zero attached hydrogens (tertiary/aromatic N) is 2. The lowest BCUT2D eigenvalue weighted by molar-refractivity contribution is 0.0778. The second-order valence-electron chi connectivity index (χ2n) is 4.92. The lowest BCUT2D eigenvalue weighted by atomic mass is 10.4. The van der Waals surface area contributed by atoms with E-state index in [9.17, 15) is 18.0 Å². The number of ether oxygens (including phenoxy) is 1. The van der Waals surface area contributed by atoms with Gasteiger partial charge in [-0.1, -0.05) is 0 Å². The molecule has 0 aliphatic rings.